The van der Waals surface area contributed by atoms with Crippen molar-refractivity contribution in [2.45, 2.75) is 44.4 Å². The molecule has 0 unspecified atom stereocenters. The van der Waals surface area contributed by atoms with Crippen LogP contribution in [0.1, 0.15) is 31.4 Å². The maximum Gasteiger partial charge on any atom is 0.391 e. The van der Waals surface area contributed by atoms with Gasteiger partial charge in [-0.2, -0.15) is 13.2 Å². The molecule has 1 aromatic heterocycles. The number of nitrogens with zero attached hydrogens (tertiary/aromatic N) is 3. The minimum Gasteiger partial charge on any atom is -0.363 e. The Morgan fingerprint density at radius 2 is 1.88 bits per heavy atom. The fourth-order valence-electron chi connectivity index (χ4n) is 2.94. The molecule has 2 rings (SSSR count). The number of aromatic nitrogens is 1. The number of anilines is 1. The van der Waals surface area contributed by atoms with Gasteiger partial charge in [0.1, 0.15) is 5.82 Å². The van der Waals surface area contributed by atoms with Crippen molar-refractivity contribution >= 4 is 35.8 Å². The molecule has 1 aliphatic carbocycles. The molecule has 5 nitrogen and oxygen atoms in total. The first-order valence-corrected chi connectivity index (χ1v) is 8.46. The smallest absolute Gasteiger partial charge is 0.363 e. The number of rotatable bonds is 4. The Balaban J connectivity index is 0.00000338. The lowest BCUT2D eigenvalue weighted by Gasteiger charge is -2.31. The summed E-state index contributed by atoms with van der Waals surface area (Å²) >= 11 is 0. The van der Waals surface area contributed by atoms with E-state index in [0.29, 0.717) is 25.3 Å². The zero-order valence-electron chi connectivity index (χ0n) is 15.3. The van der Waals surface area contributed by atoms with Gasteiger partial charge in [0.25, 0.3) is 0 Å². The van der Waals surface area contributed by atoms with Crippen molar-refractivity contribution < 1.29 is 13.2 Å². The van der Waals surface area contributed by atoms with Crippen molar-refractivity contribution in [3.05, 3.63) is 23.9 Å². The van der Waals surface area contributed by atoms with Crippen LogP contribution in [0.15, 0.2) is 23.2 Å². The minimum atomic E-state index is -4.08. The third-order valence-corrected chi connectivity index (χ3v) is 4.44. The van der Waals surface area contributed by atoms with Crippen LogP contribution in [-0.2, 0) is 6.54 Å². The predicted molar refractivity (Wildman–Crippen MR) is 109 cm³/mol. The van der Waals surface area contributed by atoms with Crippen LogP contribution in [0.4, 0.5) is 19.0 Å². The Bertz CT molecular complexity index is 584. The second-order valence-electron chi connectivity index (χ2n) is 6.54. The Labute approximate surface area is 169 Å². The molecular formula is C17H27F3IN5. The lowest BCUT2D eigenvalue weighted by Crippen LogP contribution is -2.45. The van der Waals surface area contributed by atoms with Crippen LogP contribution < -0.4 is 15.5 Å². The van der Waals surface area contributed by atoms with E-state index < -0.39 is 12.1 Å². The maximum absolute atomic E-state index is 12.7. The molecule has 26 heavy (non-hydrogen) atoms. The molecule has 0 atom stereocenters. The average Bonchev–Trinajstić information content (AvgIpc) is 2.58. The summed E-state index contributed by atoms with van der Waals surface area (Å²) in [6.07, 6.45) is -2.73. The van der Waals surface area contributed by atoms with Gasteiger partial charge < -0.3 is 15.5 Å². The highest BCUT2D eigenvalue weighted by Crippen LogP contribution is 2.37. The Morgan fingerprint density at radius 3 is 2.42 bits per heavy atom. The highest BCUT2D eigenvalue weighted by atomic mass is 127. The van der Waals surface area contributed by atoms with Gasteiger partial charge in [-0.05, 0) is 37.8 Å². The van der Waals surface area contributed by atoms with E-state index in [-0.39, 0.29) is 42.9 Å². The van der Waals surface area contributed by atoms with E-state index in [4.69, 9.17) is 0 Å². The number of alkyl halides is 3. The van der Waals surface area contributed by atoms with Gasteiger partial charge in [-0.25, -0.2) is 4.98 Å². The highest BCUT2D eigenvalue weighted by Gasteiger charge is 2.41. The van der Waals surface area contributed by atoms with Crippen molar-refractivity contribution in [2.24, 2.45) is 10.9 Å². The largest absolute Gasteiger partial charge is 0.391 e. The predicted octanol–water partition coefficient (Wildman–Crippen LogP) is 3.55. The number of nitrogens with one attached hydrogen (secondary N) is 2. The fourth-order valence-corrected chi connectivity index (χ4v) is 2.94. The van der Waals surface area contributed by atoms with Crippen LogP contribution in [0, 0.1) is 5.92 Å². The van der Waals surface area contributed by atoms with Crippen molar-refractivity contribution in [3.63, 3.8) is 0 Å². The molecule has 0 saturated heterocycles. The molecule has 0 bridgehead atoms. The first-order chi connectivity index (χ1) is 11.8. The number of hydrogen-bond donors (Lipinski definition) is 2. The normalized spacial score (nSPS) is 20.9. The van der Waals surface area contributed by atoms with Crippen LogP contribution in [0.3, 0.4) is 0 Å². The van der Waals surface area contributed by atoms with E-state index >= 15 is 0 Å². The first-order valence-electron chi connectivity index (χ1n) is 8.46. The summed E-state index contributed by atoms with van der Waals surface area (Å²) in [5.41, 5.74) is 0.870. The second kappa shape index (κ2) is 10.2. The highest BCUT2D eigenvalue weighted by molar-refractivity contribution is 14.0. The van der Waals surface area contributed by atoms with Gasteiger partial charge in [-0.3, -0.25) is 4.99 Å². The van der Waals surface area contributed by atoms with Crippen LogP contribution in [-0.4, -0.2) is 44.3 Å². The zero-order chi connectivity index (χ0) is 18.4. The fraction of sp³-hybridized carbons (Fsp3) is 0.647. The van der Waals surface area contributed by atoms with Crippen molar-refractivity contribution in [3.8, 4) is 0 Å². The van der Waals surface area contributed by atoms with Gasteiger partial charge in [0.15, 0.2) is 5.96 Å². The number of aliphatic imine (C=N–C) groups is 1. The topological polar surface area (TPSA) is 52.6 Å². The van der Waals surface area contributed by atoms with Gasteiger partial charge >= 0.3 is 6.18 Å². The van der Waals surface area contributed by atoms with Crippen molar-refractivity contribution in [1.29, 1.82) is 0 Å². The summed E-state index contributed by atoms with van der Waals surface area (Å²) in [6.45, 7) is 0.499. The van der Waals surface area contributed by atoms with Gasteiger partial charge in [-0.1, -0.05) is 6.07 Å². The number of hydrogen-bond acceptors (Lipinski definition) is 3. The second-order valence-corrected chi connectivity index (χ2v) is 6.54. The van der Waals surface area contributed by atoms with Crippen molar-refractivity contribution in [1.82, 2.24) is 15.6 Å². The SMILES string of the molecule is CN=C(NCc1cccc(N(C)C)n1)NC1CCC(C(F)(F)F)CC1.I. The number of pyridine rings is 1. The average molecular weight is 485 g/mol. The van der Waals surface area contributed by atoms with E-state index in [9.17, 15) is 13.2 Å². The van der Waals surface area contributed by atoms with E-state index in [1.165, 1.54) is 0 Å². The van der Waals surface area contributed by atoms with E-state index in [1.54, 1.807) is 7.05 Å². The molecule has 1 heterocycles. The lowest BCUT2D eigenvalue weighted by atomic mass is 9.85. The number of halogens is 4. The Hall–Kier alpha value is -1.26. The molecule has 0 spiro atoms. The van der Waals surface area contributed by atoms with Crippen LogP contribution >= 0.6 is 24.0 Å². The molecular weight excluding hydrogens is 458 g/mol. The van der Waals surface area contributed by atoms with Gasteiger partial charge in [-0.15, -0.1) is 24.0 Å². The molecule has 0 aromatic carbocycles. The summed E-state index contributed by atoms with van der Waals surface area (Å²) in [5, 5.41) is 6.39. The maximum atomic E-state index is 12.7. The molecule has 9 heteroatoms. The monoisotopic (exact) mass is 485 g/mol. The molecule has 0 aliphatic heterocycles. The van der Waals surface area contributed by atoms with E-state index in [1.807, 2.05) is 37.2 Å². The first kappa shape index (κ1) is 22.8. The van der Waals surface area contributed by atoms with Gasteiger partial charge in [0, 0.05) is 27.2 Å². The van der Waals surface area contributed by atoms with E-state index in [2.05, 4.69) is 20.6 Å². The quantitative estimate of drug-likeness (QED) is 0.389. The van der Waals surface area contributed by atoms with Crippen LogP contribution in [0.2, 0.25) is 0 Å². The summed E-state index contributed by atoms with van der Waals surface area (Å²) < 4.78 is 38.2. The number of guanidine groups is 1. The molecule has 0 amide bonds. The van der Waals surface area contributed by atoms with E-state index in [0.717, 1.165) is 11.5 Å². The third-order valence-electron chi connectivity index (χ3n) is 4.44. The van der Waals surface area contributed by atoms with Crippen LogP contribution in [0.5, 0.6) is 0 Å². The molecule has 0 radical (unpaired) electrons. The lowest BCUT2D eigenvalue weighted by molar-refractivity contribution is -0.182. The molecule has 1 aromatic rings. The summed E-state index contributed by atoms with van der Waals surface area (Å²) in [5.74, 6) is 0.290. The zero-order valence-corrected chi connectivity index (χ0v) is 17.6. The van der Waals surface area contributed by atoms with Crippen molar-refractivity contribution in [2.75, 3.05) is 26.0 Å². The minimum absolute atomic E-state index is 0. The third kappa shape index (κ3) is 6.81. The van der Waals surface area contributed by atoms with Crippen LogP contribution in [0.25, 0.3) is 0 Å². The Kier molecular flexibility index (Phi) is 8.91. The summed E-state index contributed by atoms with van der Waals surface area (Å²) in [6, 6.07) is 5.80. The van der Waals surface area contributed by atoms with Gasteiger partial charge in [0.05, 0.1) is 18.2 Å². The molecule has 1 saturated carbocycles. The Morgan fingerprint density at radius 1 is 1.23 bits per heavy atom. The summed E-state index contributed by atoms with van der Waals surface area (Å²) in [4.78, 5) is 10.6. The standard InChI is InChI=1S/C17H26F3N5.HI/c1-21-16(22-11-14-5-4-6-15(23-14)25(2)3)24-13-9-7-12(8-10-13)17(18,19)20;/h4-6,12-13H,7-11H2,1-3H3,(H2,21,22,24);1H. The molecule has 1 fully saturated rings. The molecule has 1 aliphatic rings. The van der Waals surface area contributed by atoms with Gasteiger partial charge in [0.2, 0.25) is 0 Å². The molecule has 148 valence electrons. The summed E-state index contributed by atoms with van der Waals surface area (Å²) in [7, 11) is 5.51. The molecule has 2 N–H and O–H groups in total.